The van der Waals surface area contributed by atoms with Crippen molar-refractivity contribution in [2.24, 2.45) is 17.3 Å². The predicted octanol–water partition coefficient (Wildman–Crippen LogP) is 6.96. The van der Waals surface area contributed by atoms with Gasteiger partial charge in [-0.1, -0.05) is 57.2 Å². The van der Waals surface area contributed by atoms with Crippen molar-refractivity contribution in [1.82, 2.24) is 10.2 Å². The number of amides is 1. The first-order valence-electron chi connectivity index (χ1n) is 13.6. The molecular formula is C31H36F4N2O. The van der Waals surface area contributed by atoms with E-state index in [1.165, 1.54) is 11.1 Å². The highest BCUT2D eigenvalue weighted by Gasteiger charge is 2.51. The molecule has 2 unspecified atom stereocenters. The number of likely N-dealkylation sites (tertiary alicyclic amines) is 1. The quantitative estimate of drug-likeness (QED) is 0.426. The van der Waals surface area contributed by atoms with Gasteiger partial charge in [0.15, 0.2) is 0 Å². The van der Waals surface area contributed by atoms with Crippen LogP contribution in [0.2, 0.25) is 0 Å². The SMILES string of the molecule is CC(C)C1(C(=O)NCc2cc(F)cc(C(F)(F)F)c2)CCC(N2CC[C@@]3(C=Cc4ccccc43)[C@@H](C)C2)C1. The van der Waals surface area contributed by atoms with Crippen molar-refractivity contribution in [3.05, 3.63) is 76.6 Å². The topological polar surface area (TPSA) is 32.3 Å². The number of alkyl halides is 3. The number of hydrogen-bond donors (Lipinski definition) is 1. The van der Waals surface area contributed by atoms with Crippen LogP contribution in [0.15, 0.2) is 48.5 Å². The fourth-order valence-corrected chi connectivity index (χ4v) is 7.18. The van der Waals surface area contributed by atoms with Crippen LogP contribution in [0, 0.1) is 23.1 Å². The Hall–Kier alpha value is -2.67. The third kappa shape index (κ3) is 4.67. The minimum Gasteiger partial charge on any atom is -0.352 e. The van der Waals surface area contributed by atoms with Gasteiger partial charge < -0.3 is 5.32 Å². The first kappa shape index (κ1) is 26.9. The summed E-state index contributed by atoms with van der Waals surface area (Å²) in [7, 11) is 0. The van der Waals surface area contributed by atoms with Crippen molar-refractivity contribution in [2.45, 2.75) is 70.6 Å². The Balaban J connectivity index is 1.26. The number of carbonyl (C=O) groups is 1. The van der Waals surface area contributed by atoms with Crippen molar-refractivity contribution in [1.29, 1.82) is 0 Å². The molecular weight excluding hydrogens is 492 g/mol. The molecule has 1 spiro atoms. The Morgan fingerprint density at radius 1 is 1.16 bits per heavy atom. The summed E-state index contributed by atoms with van der Waals surface area (Å²) in [6, 6.07) is 11.4. The maximum Gasteiger partial charge on any atom is 0.416 e. The number of carbonyl (C=O) groups excluding carboxylic acids is 1. The van der Waals surface area contributed by atoms with Gasteiger partial charge in [-0.05, 0) is 79.0 Å². The average Bonchev–Trinajstić information content (AvgIpc) is 3.48. The molecule has 1 saturated heterocycles. The van der Waals surface area contributed by atoms with E-state index in [0.29, 0.717) is 12.0 Å². The van der Waals surface area contributed by atoms with E-state index < -0.39 is 23.0 Å². The molecule has 7 heteroatoms. The summed E-state index contributed by atoms with van der Waals surface area (Å²) in [5, 5.41) is 2.85. The molecule has 4 atom stereocenters. The van der Waals surface area contributed by atoms with Gasteiger partial charge >= 0.3 is 6.18 Å². The number of benzene rings is 2. The Labute approximate surface area is 222 Å². The number of nitrogens with one attached hydrogen (secondary N) is 1. The second-order valence-electron chi connectivity index (χ2n) is 11.8. The third-order valence-corrected chi connectivity index (χ3v) is 9.56. The summed E-state index contributed by atoms with van der Waals surface area (Å²) >= 11 is 0. The fraction of sp³-hybridized carbons (Fsp3) is 0.516. The molecule has 3 nitrogen and oxygen atoms in total. The van der Waals surface area contributed by atoms with Gasteiger partial charge in [-0.15, -0.1) is 0 Å². The number of nitrogens with zero attached hydrogens (tertiary/aromatic N) is 1. The lowest BCUT2D eigenvalue weighted by molar-refractivity contribution is -0.137. The van der Waals surface area contributed by atoms with Crippen LogP contribution in [0.1, 0.15) is 68.7 Å². The number of fused-ring (bicyclic) bond motifs is 2. The highest BCUT2D eigenvalue weighted by atomic mass is 19.4. The van der Waals surface area contributed by atoms with E-state index in [-0.39, 0.29) is 35.4 Å². The van der Waals surface area contributed by atoms with Gasteiger partial charge in [0.1, 0.15) is 5.82 Å². The molecule has 1 heterocycles. The maximum absolute atomic E-state index is 13.8. The van der Waals surface area contributed by atoms with Gasteiger partial charge in [-0.25, -0.2) is 4.39 Å². The molecule has 5 rings (SSSR count). The molecule has 0 aromatic heterocycles. The second-order valence-corrected chi connectivity index (χ2v) is 11.8. The zero-order valence-electron chi connectivity index (χ0n) is 22.2. The smallest absolute Gasteiger partial charge is 0.352 e. The molecule has 2 aromatic rings. The number of piperidine rings is 1. The first-order valence-corrected chi connectivity index (χ1v) is 13.6. The second kappa shape index (κ2) is 9.82. The molecule has 204 valence electrons. The van der Waals surface area contributed by atoms with Gasteiger partial charge in [0, 0.05) is 24.5 Å². The summed E-state index contributed by atoms with van der Waals surface area (Å²) in [5.74, 6) is -0.596. The van der Waals surface area contributed by atoms with Gasteiger partial charge in [0.2, 0.25) is 5.91 Å². The van der Waals surface area contributed by atoms with Gasteiger partial charge in [-0.2, -0.15) is 13.2 Å². The lowest BCUT2D eigenvalue weighted by Gasteiger charge is -2.47. The number of hydrogen-bond acceptors (Lipinski definition) is 2. The van der Waals surface area contributed by atoms with Crippen molar-refractivity contribution in [3.63, 3.8) is 0 Å². The van der Waals surface area contributed by atoms with E-state index in [1.807, 2.05) is 13.8 Å². The van der Waals surface area contributed by atoms with E-state index >= 15 is 0 Å². The van der Waals surface area contributed by atoms with Crippen molar-refractivity contribution >= 4 is 12.0 Å². The molecule has 1 saturated carbocycles. The predicted molar refractivity (Wildman–Crippen MR) is 141 cm³/mol. The zero-order chi connectivity index (χ0) is 27.3. The van der Waals surface area contributed by atoms with Crippen LogP contribution < -0.4 is 5.32 Å². The standard InChI is InChI=1S/C31H36F4N2O/c1-20(2)30(28(38)36-18-22-14-24(31(33,34)35)16-25(32)15-22)11-9-26(17-30)37-13-12-29(21(3)19-37)10-8-23-6-4-5-7-27(23)29/h4-8,10,14-16,20-21,26H,9,11-13,17-19H2,1-3H3,(H,36,38)/t21-,26?,29-,30?/m0/s1. The van der Waals surface area contributed by atoms with E-state index in [9.17, 15) is 22.4 Å². The Morgan fingerprint density at radius 3 is 2.63 bits per heavy atom. The van der Waals surface area contributed by atoms with Crippen molar-refractivity contribution in [2.75, 3.05) is 13.1 Å². The molecule has 3 aliphatic rings. The van der Waals surface area contributed by atoms with E-state index in [4.69, 9.17) is 0 Å². The third-order valence-electron chi connectivity index (χ3n) is 9.56. The molecule has 1 amide bonds. The Bertz CT molecular complexity index is 1240. The summed E-state index contributed by atoms with van der Waals surface area (Å²) in [6.07, 6.45) is 3.41. The van der Waals surface area contributed by atoms with Crippen LogP contribution >= 0.6 is 0 Å². The van der Waals surface area contributed by atoms with Crippen LogP contribution in [0.25, 0.3) is 6.08 Å². The molecule has 0 bridgehead atoms. The molecule has 0 radical (unpaired) electrons. The van der Waals surface area contributed by atoms with E-state index in [1.54, 1.807) is 0 Å². The zero-order valence-corrected chi connectivity index (χ0v) is 22.2. The minimum absolute atomic E-state index is 0.0679. The van der Waals surface area contributed by atoms with Gasteiger partial charge in [0.05, 0.1) is 11.0 Å². The van der Waals surface area contributed by atoms with Gasteiger partial charge in [0.25, 0.3) is 0 Å². The summed E-state index contributed by atoms with van der Waals surface area (Å²) in [6.45, 7) is 8.20. The minimum atomic E-state index is -4.64. The van der Waals surface area contributed by atoms with Crippen LogP contribution in [-0.2, 0) is 22.9 Å². The first-order chi connectivity index (χ1) is 17.9. The van der Waals surface area contributed by atoms with Crippen molar-refractivity contribution < 1.29 is 22.4 Å². The number of allylic oxidation sites excluding steroid dienone is 1. The maximum atomic E-state index is 13.8. The van der Waals surface area contributed by atoms with Crippen LogP contribution in [0.5, 0.6) is 0 Å². The fourth-order valence-electron chi connectivity index (χ4n) is 7.18. The average molecular weight is 529 g/mol. The van der Waals surface area contributed by atoms with E-state index in [0.717, 1.165) is 50.9 Å². The normalized spacial score (nSPS) is 29.3. The lowest BCUT2D eigenvalue weighted by Crippen LogP contribution is -2.51. The van der Waals surface area contributed by atoms with E-state index in [2.05, 4.69) is 53.6 Å². The molecule has 38 heavy (non-hydrogen) atoms. The molecule has 2 aromatic carbocycles. The highest BCUT2D eigenvalue weighted by molar-refractivity contribution is 5.83. The Kier molecular flexibility index (Phi) is 6.95. The lowest BCUT2D eigenvalue weighted by atomic mass is 9.67. The molecule has 1 N–H and O–H groups in total. The van der Waals surface area contributed by atoms with Crippen LogP contribution in [0.4, 0.5) is 17.6 Å². The molecule has 2 aliphatic carbocycles. The van der Waals surface area contributed by atoms with Crippen LogP contribution in [-0.4, -0.2) is 29.9 Å². The summed E-state index contributed by atoms with van der Waals surface area (Å²) < 4.78 is 53.2. The molecule has 1 aliphatic heterocycles. The van der Waals surface area contributed by atoms with Crippen molar-refractivity contribution in [3.8, 4) is 0 Å². The van der Waals surface area contributed by atoms with Crippen LogP contribution in [0.3, 0.4) is 0 Å². The Morgan fingerprint density at radius 2 is 1.92 bits per heavy atom. The summed E-state index contributed by atoms with van der Waals surface area (Å²) in [4.78, 5) is 16.1. The molecule has 2 fully saturated rings. The largest absolute Gasteiger partial charge is 0.416 e. The number of halogens is 4. The van der Waals surface area contributed by atoms with Gasteiger partial charge in [-0.3, -0.25) is 9.69 Å². The monoisotopic (exact) mass is 528 g/mol. The summed E-state index contributed by atoms with van der Waals surface area (Å²) in [5.41, 5.74) is 1.27. The highest BCUT2D eigenvalue weighted by Crippen LogP contribution is 2.50. The number of rotatable bonds is 5.